The lowest BCUT2D eigenvalue weighted by Crippen LogP contribution is -2.29. The number of pyridine rings is 1. The minimum Gasteiger partial charge on any atom is -0.473 e. The number of sulfonamides is 1. The predicted octanol–water partition coefficient (Wildman–Crippen LogP) is 2.84. The molecule has 1 aliphatic heterocycles. The summed E-state index contributed by atoms with van der Waals surface area (Å²) < 4.78 is 32.1. The van der Waals surface area contributed by atoms with Gasteiger partial charge in [-0.05, 0) is 31.1 Å². The minimum atomic E-state index is -3.44. The summed E-state index contributed by atoms with van der Waals surface area (Å²) in [6.07, 6.45) is 2.11. The largest absolute Gasteiger partial charge is 0.473 e. The summed E-state index contributed by atoms with van der Waals surface area (Å²) in [4.78, 5) is 4.30. The Balaban J connectivity index is 1.63. The maximum atomic E-state index is 12.4. The second kappa shape index (κ2) is 7.15. The number of benzene rings is 1. The van der Waals surface area contributed by atoms with Crippen LogP contribution in [0.2, 0.25) is 0 Å². The molecule has 3 rings (SSSR count). The highest BCUT2D eigenvalue weighted by Gasteiger charge is 2.31. The Morgan fingerprint density at radius 1 is 1.17 bits per heavy atom. The van der Waals surface area contributed by atoms with Crippen LogP contribution in [-0.2, 0) is 10.0 Å². The Morgan fingerprint density at radius 2 is 1.96 bits per heavy atom. The van der Waals surface area contributed by atoms with Gasteiger partial charge in [0.1, 0.15) is 6.10 Å². The molecule has 1 fully saturated rings. The Hall–Kier alpha value is -2.18. The molecule has 0 aliphatic carbocycles. The zero-order valence-corrected chi connectivity index (χ0v) is 14.3. The van der Waals surface area contributed by atoms with E-state index in [0.29, 0.717) is 25.4 Å². The van der Waals surface area contributed by atoms with Crippen molar-refractivity contribution in [1.82, 2.24) is 9.29 Å². The van der Waals surface area contributed by atoms with Gasteiger partial charge in [0.15, 0.2) is 0 Å². The van der Waals surface area contributed by atoms with Crippen LogP contribution in [0.25, 0.3) is 6.08 Å². The first-order chi connectivity index (χ1) is 11.5. The summed E-state index contributed by atoms with van der Waals surface area (Å²) in [7, 11) is -3.44. The number of ether oxygens (including phenoxy) is 1. The van der Waals surface area contributed by atoms with Crippen molar-refractivity contribution in [2.45, 2.75) is 19.4 Å². The van der Waals surface area contributed by atoms with Crippen LogP contribution < -0.4 is 4.74 Å². The molecule has 0 bridgehead atoms. The maximum absolute atomic E-state index is 12.4. The molecule has 2 heterocycles. The summed E-state index contributed by atoms with van der Waals surface area (Å²) in [5.41, 5.74) is 1.73. The van der Waals surface area contributed by atoms with Gasteiger partial charge in [-0.1, -0.05) is 36.4 Å². The third kappa shape index (κ3) is 4.21. The van der Waals surface area contributed by atoms with Gasteiger partial charge in [-0.25, -0.2) is 13.4 Å². The molecule has 0 amide bonds. The van der Waals surface area contributed by atoms with Gasteiger partial charge < -0.3 is 4.74 Å². The molecule has 1 saturated heterocycles. The second-order valence-corrected chi connectivity index (χ2v) is 7.58. The van der Waals surface area contributed by atoms with Gasteiger partial charge in [0.2, 0.25) is 15.9 Å². The molecule has 5 nitrogen and oxygen atoms in total. The summed E-state index contributed by atoms with van der Waals surface area (Å²) in [6, 6.07) is 14.9. The standard InChI is InChI=1S/C18H20N2O3S/c1-15-6-5-9-18(19-15)23-17-10-12-20(14-17)24(21,22)13-11-16-7-3-2-4-8-16/h2-9,11,13,17H,10,12,14H2,1H3/b13-11+/t17-/m1/s1. The quantitative estimate of drug-likeness (QED) is 0.837. The van der Waals surface area contributed by atoms with Crippen molar-refractivity contribution >= 4 is 16.1 Å². The Morgan fingerprint density at radius 3 is 2.71 bits per heavy atom. The molecule has 1 aliphatic rings. The van der Waals surface area contributed by atoms with Crippen molar-refractivity contribution in [2.75, 3.05) is 13.1 Å². The van der Waals surface area contributed by atoms with E-state index < -0.39 is 10.0 Å². The molecular formula is C18H20N2O3S. The molecule has 0 N–H and O–H groups in total. The highest BCUT2D eigenvalue weighted by molar-refractivity contribution is 7.92. The van der Waals surface area contributed by atoms with Crippen molar-refractivity contribution in [2.24, 2.45) is 0 Å². The Kier molecular flexibility index (Phi) is 4.97. The van der Waals surface area contributed by atoms with Gasteiger partial charge in [0.25, 0.3) is 0 Å². The highest BCUT2D eigenvalue weighted by atomic mass is 32.2. The molecule has 0 spiro atoms. The SMILES string of the molecule is Cc1cccc(O[C@@H]2CCN(S(=O)(=O)/C=C/c3ccccc3)C2)n1. The smallest absolute Gasteiger partial charge is 0.236 e. The van der Waals surface area contributed by atoms with E-state index in [1.54, 1.807) is 12.1 Å². The van der Waals surface area contributed by atoms with Gasteiger partial charge in [0, 0.05) is 23.7 Å². The van der Waals surface area contributed by atoms with E-state index in [9.17, 15) is 8.42 Å². The maximum Gasteiger partial charge on any atom is 0.236 e. The highest BCUT2D eigenvalue weighted by Crippen LogP contribution is 2.20. The molecule has 0 radical (unpaired) electrons. The van der Waals surface area contributed by atoms with Crippen LogP contribution in [-0.4, -0.2) is 36.9 Å². The van der Waals surface area contributed by atoms with E-state index in [-0.39, 0.29) is 6.10 Å². The fourth-order valence-corrected chi connectivity index (χ4v) is 3.83. The van der Waals surface area contributed by atoms with Crippen LogP contribution in [0.3, 0.4) is 0 Å². The van der Waals surface area contributed by atoms with E-state index in [1.807, 2.05) is 49.4 Å². The van der Waals surface area contributed by atoms with E-state index >= 15 is 0 Å². The molecule has 126 valence electrons. The minimum absolute atomic E-state index is 0.167. The molecule has 1 aromatic heterocycles. The first kappa shape index (κ1) is 16.7. The van der Waals surface area contributed by atoms with Crippen LogP contribution >= 0.6 is 0 Å². The van der Waals surface area contributed by atoms with E-state index in [2.05, 4.69) is 4.98 Å². The van der Waals surface area contributed by atoms with Crippen molar-refractivity contribution in [3.05, 3.63) is 65.2 Å². The van der Waals surface area contributed by atoms with Crippen LogP contribution in [0.1, 0.15) is 17.7 Å². The fraction of sp³-hybridized carbons (Fsp3) is 0.278. The topological polar surface area (TPSA) is 59.5 Å². The summed E-state index contributed by atoms with van der Waals surface area (Å²) in [5, 5.41) is 1.26. The number of aromatic nitrogens is 1. The first-order valence-electron chi connectivity index (χ1n) is 7.86. The third-order valence-corrected chi connectivity index (χ3v) is 5.38. The number of rotatable bonds is 5. The molecule has 2 aromatic rings. The van der Waals surface area contributed by atoms with Crippen LogP contribution in [0.4, 0.5) is 0 Å². The molecular weight excluding hydrogens is 324 g/mol. The summed E-state index contributed by atoms with van der Waals surface area (Å²) in [6.45, 7) is 2.70. The molecule has 24 heavy (non-hydrogen) atoms. The zero-order chi connectivity index (χ0) is 17.0. The van der Waals surface area contributed by atoms with Gasteiger partial charge in [0.05, 0.1) is 6.54 Å². The molecule has 1 aromatic carbocycles. The van der Waals surface area contributed by atoms with Crippen molar-refractivity contribution in [1.29, 1.82) is 0 Å². The molecule has 6 heteroatoms. The van der Waals surface area contributed by atoms with E-state index in [4.69, 9.17) is 4.74 Å². The van der Waals surface area contributed by atoms with Crippen LogP contribution in [0.5, 0.6) is 5.88 Å². The van der Waals surface area contributed by atoms with E-state index in [0.717, 1.165) is 11.3 Å². The second-order valence-electron chi connectivity index (χ2n) is 5.76. The van der Waals surface area contributed by atoms with Crippen molar-refractivity contribution < 1.29 is 13.2 Å². The monoisotopic (exact) mass is 344 g/mol. The van der Waals surface area contributed by atoms with Gasteiger partial charge in [-0.3, -0.25) is 0 Å². The molecule has 0 saturated carbocycles. The van der Waals surface area contributed by atoms with E-state index in [1.165, 1.54) is 9.71 Å². The summed E-state index contributed by atoms with van der Waals surface area (Å²) in [5.74, 6) is 0.541. The molecule has 1 atom stereocenters. The third-order valence-electron chi connectivity index (χ3n) is 3.85. The Bertz CT molecular complexity index is 819. The van der Waals surface area contributed by atoms with Crippen LogP contribution in [0, 0.1) is 6.92 Å². The number of aryl methyl sites for hydroxylation is 1. The first-order valence-corrected chi connectivity index (χ1v) is 9.37. The number of hydrogen-bond donors (Lipinski definition) is 0. The zero-order valence-electron chi connectivity index (χ0n) is 13.5. The number of nitrogens with zero attached hydrogens (tertiary/aromatic N) is 2. The molecule has 0 unspecified atom stereocenters. The lowest BCUT2D eigenvalue weighted by molar-refractivity contribution is 0.207. The number of hydrogen-bond acceptors (Lipinski definition) is 4. The van der Waals surface area contributed by atoms with Crippen LogP contribution in [0.15, 0.2) is 53.9 Å². The summed E-state index contributed by atoms with van der Waals surface area (Å²) >= 11 is 0. The van der Waals surface area contributed by atoms with Crippen molar-refractivity contribution in [3.8, 4) is 5.88 Å². The lowest BCUT2D eigenvalue weighted by Gasteiger charge is -2.15. The average Bonchev–Trinajstić information content (AvgIpc) is 3.03. The van der Waals surface area contributed by atoms with Crippen molar-refractivity contribution in [3.63, 3.8) is 0 Å². The predicted molar refractivity (Wildman–Crippen MR) is 94.0 cm³/mol. The Labute approximate surface area is 142 Å². The average molecular weight is 344 g/mol. The van der Waals surface area contributed by atoms with Gasteiger partial charge >= 0.3 is 0 Å². The fourth-order valence-electron chi connectivity index (χ4n) is 2.59. The lowest BCUT2D eigenvalue weighted by atomic mass is 10.2. The van der Waals surface area contributed by atoms with Gasteiger partial charge in [-0.2, -0.15) is 4.31 Å². The normalized spacial score (nSPS) is 19.0. The van der Waals surface area contributed by atoms with Gasteiger partial charge in [-0.15, -0.1) is 0 Å².